The molecule has 1 N–H and O–H groups in total. The van der Waals surface area contributed by atoms with Crippen molar-refractivity contribution in [1.82, 2.24) is 10.2 Å². The summed E-state index contributed by atoms with van der Waals surface area (Å²) in [5.41, 5.74) is -0.137. The molecule has 0 aromatic carbocycles. The normalized spacial score (nSPS) is 28.9. The van der Waals surface area contributed by atoms with Crippen molar-refractivity contribution in [2.45, 2.75) is 64.9 Å². The Balaban J connectivity index is 2.04. The fourth-order valence-electron chi connectivity index (χ4n) is 3.39. The number of amides is 1. The molecule has 1 amide bonds. The molecule has 0 unspecified atom stereocenters. The average Bonchev–Trinajstić information content (AvgIpc) is 2.68. The zero-order valence-electron chi connectivity index (χ0n) is 13.3. The molecule has 2 aliphatic rings. The van der Waals surface area contributed by atoms with Gasteiger partial charge in [-0.2, -0.15) is 0 Å². The molecule has 0 radical (unpaired) electrons. The predicted molar refractivity (Wildman–Crippen MR) is 80.8 cm³/mol. The summed E-state index contributed by atoms with van der Waals surface area (Å²) in [6, 6.07) is 0. The summed E-state index contributed by atoms with van der Waals surface area (Å²) in [5, 5.41) is 3.56. The van der Waals surface area contributed by atoms with Gasteiger partial charge in [0.15, 0.2) is 0 Å². The number of carbonyl (C=O) groups excluding carboxylic acids is 1. The lowest BCUT2D eigenvalue weighted by atomic mass is 9.79. The molecule has 4 heteroatoms. The zero-order chi connectivity index (χ0) is 14.6. The van der Waals surface area contributed by atoms with Crippen molar-refractivity contribution in [3.63, 3.8) is 0 Å². The summed E-state index contributed by atoms with van der Waals surface area (Å²) >= 11 is 0. The second-order valence-electron chi connectivity index (χ2n) is 7.49. The number of nitrogens with one attached hydrogen (secondary N) is 1. The number of likely N-dealkylation sites (tertiary alicyclic amines) is 1. The van der Waals surface area contributed by atoms with Gasteiger partial charge in [0.2, 0.25) is 0 Å². The van der Waals surface area contributed by atoms with Gasteiger partial charge < -0.3 is 15.0 Å². The lowest BCUT2D eigenvalue weighted by molar-refractivity contribution is 0.0174. The molecule has 2 heterocycles. The highest BCUT2D eigenvalue weighted by Gasteiger charge is 2.37. The Morgan fingerprint density at radius 2 is 1.85 bits per heavy atom. The second-order valence-corrected chi connectivity index (χ2v) is 7.49. The molecule has 2 rings (SSSR count). The van der Waals surface area contributed by atoms with E-state index in [4.69, 9.17) is 4.74 Å². The number of rotatable bonds is 0. The second kappa shape index (κ2) is 6.33. The van der Waals surface area contributed by atoms with Gasteiger partial charge in [-0.1, -0.05) is 12.8 Å². The van der Waals surface area contributed by atoms with E-state index < -0.39 is 5.60 Å². The van der Waals surface area contributed by atoms with Crippen LogP contribution in [0.1, 0.15) is 59.3 Å². The van der Waals surface area contributed by atoms with Gasteiger partial charge in [0.25, 0.3) is 0 Å². The average molecular weight is 282 g/mol. The first kappa shape index (κ1) is 15.6. The first-order valence-corrected chi connectivity index (χ1v) is 8.09. The van der Waals surface area contributed by atoms with Crippen molar-refractivity contribution in [1.29, 1.82) is 0 Å². The topological polar surface area (TPSA) is 41.6 Å². The number of ether oxygens (including phenoxy) is 1. The van der Waals surface area contributed by atoms with Crippen LogP contribution in [0.2, 0.25) is 0 Å². The number of hydrogen-bond donors (Lipinski definition) is 1. The van der Waals surface area contributed by atoms with Gasteiger partial charge in [0.05, 0.1) is 0 Å². The van der Waals surface area contributed by atoms with Gasteiger partial charge in [0, 0.05) is 25.0 Å². The van der Waals surface area contributed by atoms with Gasteiger partial charge >= 0.3 is 6.09 Å². The van der Waals surface area contributed by atoms with E-state index in [1.54, 1.807) is 0 Å². The van der Waals surface area contributed by atoms with Crippen LogP contribution in [0.5, 0.6) is 0 Å². The number of hydrogen-bond acceptors (Lipinski definition) is 3. The molecular weight excluding hydrogens is 252 g/mol. The Bertz CT molecular complexity index is 322. The van der Waals surface area contributed by atoms with E-state index in [2.05, 4.69) is 5.32 Å². The Morgan fingerprint density at radius 1 is 1.15 bits per heavy atom. The van der Waals surface area contributed by atoms with Gasteiger partial charge in [-0.25, -0.2) is 4.79 Å². The van der Waals surface area contributed by atoms with Crippen LogP contribution in [0.3, 0.4) is 0 Å². The van der Waals surface area contributed by atoms with E-state index in [0.29, 0.717) is 0 Å². The highest BCUT2D eigenvalue weighted by Crippen LogP contribution is 2.35. The molecule has 2 saturated heterocycles. The minimum Gasteiger partial charge on any atom is -0.444 e. The fourth-order valence-corrected chi connectivity index (χ4v) is 3.39. The quantitative estimate of drug-likeness (QED) is 0.742. The Kier molecular flexibility index (Phi) is 4.95. The van der Waals surface area contributed by atoms with Crippen molar-refractivity contribution in [2.24, 2.45) is 5.41 Å². The van der Waals surface area contributed by atoms with Gasteiger partial charge in [-0.3, -0.25) is 0 Å². The molecule has 0 bridgehead atoms. The third-order valence-corrected chi connectivity index (χ3v) is 4.37. The lowest BCUT2D eigenvalue weighted by Gasteiger charge is -2.36. The van der Waals surface area contributed by atoms with Crippen LogP contribution < -0.4 is 5.32 Å². The maximum absolute atomic E-state index is 12.4. The van der Waals surface area contributed by atoms with Crippen LogP contribution in [-0.2, 0) is 4.74 Å². The van der Waals surface area contributed by atoms with Crippen LogP contribution in [0.4, 0.5) is 4.79 Å². The van der Waals surface area contributed by atoms with Crippen LogP contribution in [0, 0.1) is 5.41 Å². The SMILES string of the molecule is CC(C)(C)OC(=O)N1CCCC[C@@]2(CCCCNC2)C1. The largest absolute Gasteiger partial charge is 0.444 e. The predicted octanol–water partition coefficient (Wildman–Crippen LogP) is 3.17. The van der Waals surface area contributed by atoms with Gasteiger partial charge in [0.1, 0.15) is 5.60 Å². The summed E-state index contributed by atoms with van der Waals surface area (Å²) in [4.78, 5) is 14.3. The van der Waals surface area contributed by atoms with Crippen molar-refractivity contribution in [3.05, 3.63) is 0 Å². The number of carbonyl (C=O) groups is 1. The van der Waals surface area contributed by atoms with Crippen molar-refractivity contribution in [2.75, 3.05) is 26.2 Å². The molecule has 2 aliphatic heterocycles. The molecule has 0 aromatic heterocycles. The minimum absolute atomic E-state index is 0.136. The Hall–Kier alpha value is -0.770. The van der Waals surface area contributed by atoms with Crippen LogP contribution in [0.25, 0.3) is 0 Å². The van der Waals surface area contributed by atoms with Crippen molar-refractivity contribution in [3.8, 4) is 0 Å². The lowest BCUT2D eigenvalue weighted by Crippen LogP contribution is -2.45. The molecule has 4 nitrogen and oxygen atoms in total. The van der Waals surface area contributed by atoms with Crippen molar-refractivity contribution >= 4 is 6.09 Å². The summed E-state index contributed by atoms with van der Waals surface area (Å²) in [6.07, 6.45) is 7.19. The van der Waals surface area contributed by atoms with E-state index in [1.165, 1.54) is 32.1 Å². The number of nitrogens with zero attached hydrogens (tertiary/aromatic N) is 1. The van der Waals surface area contributed by atoms with Crippen LogP contribution in [0.15, 0.2) is 0 Å². The molecule has 0 saturated carbocycles. The molecule has 0 aliphatic carbocycles. The Morgan fingerprint density at radius 3 is 2.55 bits per heavy atom. The molecule has 1 atom stereocenters. The van der Waals surface area contributed by atoms with E-state index in [1.807, 2.05) is 25.7 Å². The van der Waals surface area contributed by atoms with E-state index in [0.717, 1.165) is 32.6 Å². The van der Waals surface area contributed by atoms with Gasteiger partial charge in [-0.15, -0.1) is 0 Å². The molecule has 2 fully saturated rings. The zero-order valence-corrected chi connectivity index (χ0v) is 13.3. The third-order valence-electron chi connectivity index (χ3n) is 4.37. The maximum atomic E-state index is 12.4. The van der Waals surface area contributed by atoms with E-state index in [-0.39, 0.29) is 11.5 Å². The van der Waals surface area contributed by atoms with Gasteiger partial charge in [-0.05, 0) is 53.0 Å². The highest BCUT2D eigenvalue weighted by molar-refractivity contribution is 5.68. The molecule has 20 heavy (non-hydrogen) atoms. The van der Waals surface area contributed by atoms with E-state index in [9.17, 15) is 4.79 Å². The minimum atomic E-state index is -0.405. The summed E-state index contributed by atoms with van der Waals surface area (Å²) in [6.45, 7) is 9.68. The van der Waals surface area contributed by atoms with Crippen molar-refractivity contribution < 1.29 is 9.53 Å². The van der Waals surface area contributed by atoms with E-state index >= 15 is 0 Å². The fraction of sp³-hybridized carbons (Fsp3) is 0.938. The Labute approximate surface area is 123 Å². The monoisotopic (exact) mass is 282 g/mol. The third kappa shape index (κ3) is 4.37. The standard InChI is InChI=1S/C16H30N2O2/c1-15(2,3)20-14(19)18-11-7-5-9-16(13-18)8-4-6-10-17-12-16/h17H,4-13H2,1-3H3/t16-/m1/s1. The van der Waals surface area contributed by atoms with Crippen LogP contribution >= 0.6 is 0 Å². The molecule has 1 spiro atoms. The molecular formula is C16H30N2O2. The first-order chi connectivity index (χ1) is 9.40. The first-order valence-electron chi connectivity index (χ1n) is 8.09. The smallest absolute Gasteiger partial charge is 0.410 e. The highest BCUT2D eigenvalue weighted by atomic mass is 16.6. The maximum Gasteiger partial charge on any atom is 0.410 e. The molecule has 116 valence electrons. The summed E-state index contributed by atoms with van der Waals surface area (Å²) in [5.74, 6) is 0. The summed E-state index contributed by atoms with van der Waals surface area (Å²) < 4.78 is 5.56. The molecule has 0 aromatic rings. The summed E-state index contributed by atoms with van der Waals surface area (Å²) in [7, 11) is 0. The van der Waals surface area contributed by atoms with Crippen LogP contribution in [-0.4, -0.2) is 42.8 Å².